The van der Waals surface area contributed by atoms with Crippen LogP contribution in [0.2, 0.25) is 0 Å². The molecule has 71 heavy (non-hydrogen) atoms. The minimum Gasteiger partial charge on any atom is -0.310 e. The molecular formula is C68H48N2Si. The average Bonchev–Trinajstić information content (AvgIpc) is 3.81. The lowest BCUT2D eigenvalue weighted by atomic mass is 9.94. The van der Waals surface area contributed by atoms with E-state index in [9.17, 15) is 0 Å². The van der Waals surface area contributed by atoms with Crippen molar-refractivity contribution >= 4 is 89.2 Å². The Labute approximate surface area is 415 Å². The molecule has 12 aromatic carbocycles. The molecule has 13 aromatic rings. The number of anilines is 3. The number of rotatable bonds is 10. The zero-order chi connectivity index (χ0) is 47.1. The second-order valence-corrected chi connectivity index (χ2v) is 22.2. The number of aromatic nitrogens is 1. The highest BCUT2D eigenvalue weighted by Gasteiger charge is 2.41. The van der Waals surface area contributed by atoms with E-state index in [2.05, 4.69) is 301 Å². The Bertz CT molecular complexity index is 3910. The molecule has 3 heteroatoms. The van der Waals surface area contributed by atoms with E-state index in [0.29, 0.717) is 0 Å². The maximum Gasteiger partial charge on any atom is 0.179 e. The van der Waals surface area contributed by atoms with Gasteiger partial charge in [0.1, 0.15) is 0 Å². The van der Waals surface area contributed by atoms with Crippen molar-refractivity contribution in [3.8, 4) is 27.9 Å². The van der Waals surface area contributed by atoms with Gasteiger partial charge >= 0.3 is 0 Å². The van der Waals surface area contributed by atoms with Crippen molar-refractivity contribution in [2.24, 2.45) is 0 Å². The Hall–Kier alpha value is -9.02. The van der Waals surface area contributed by atoms with Gasteiger partial charge in [-0.3, -0.25) is 0 Å². The van der Waals surface area contributed by atoms with E-state index in [4.69, 9.17) is 0 Å². The first-order chi connectivity index (χ1) is 35.2. The van der Waals surface area contributed by atoms with Crippen molar-refractivity contribution < 1.29 is 0 Å². The van der Waals surface area contributed by atoms with Crippen molar-refractivity contribution in [2.75, 3.05) is 4.90 Å². The number of para-hydroxylation sites is 2. The molecule has 0 radical (unpaired) electrons. The van der Waals surface area contributed by atoms with Gasteiger partial charge in [-0.15, -0.1) is 0 Å². The summed E-state index contributed by atoms with van der Waals surface area (Å²) < 4.78 is 2.45. The predicted molar refractivity (Wildman–Crippen MR) is 305 cm³/mol. The second-order valence-electron chi connectivity index (χ2n) is 18.4. The zero-order valence-electron chi connectivity index (χ0n) is 39.1. The van der Waals surface area contributed by atoms with Crippen LogP contribution in [0.5, 0.6) is 0 Å². The summed E-state index contributed by atoms with van der Waals surface area (Å²) in [6, 6.07) is 107. The van der Waals surface area contributed by atoms with Crippen LogP contribution >= 0.6 is 0 Å². The Morgan fingerprint density at radius 2 is 0.789 bits per heavy atom. The van der Waals surface area contributed by atoms with Gasteiger partial charge in [0, 0.05) is 38.9 Å². The van der Waals surface area contributed by atoms with Gasteiger partial charge in [0.15, 0.2) is 8.07 Å². The van der Waals surface area contributed by atoms with Crippen LogP contribution in [0, 0.1) is 0 Å². The molecule has 0 aliphatic carbocycles. The summed E-state index contributed by atoms with van der Waals surface area (Å²) in [7, 11) is -2.75. The van der Waals surface area contributed by atoms with Crippen LogP contribution in [0.15, 0.2) is 291 Å². The number of hydrogen-bond acceptors (Lipinski definition) is 1. The van der Waals surface area contributed by atoms with Crippen LogP contribution in [-0.4, -0.2) is 12.6 Å². The largest absolute Gasteiger partial charge is 0.310 e. The molecule has 0 unspecified atom stereocenters. The summed E-state index contributed by atoms with van der Waals surface area (Å²) >= 11 is 0. The fourth-order valence-electron chi connectivity index (χ4n) is 11.4. The van der Waals surface area contributed by atoms with E-state index in [1.807, 2.05) is 0 Å². The van der Waals surface area contributed by atoms with Crippen molar-refractivity contribution in [3.63, 3.8) is 0 Å². The molecule has 2 nitrogen and oxygen atoms in total. The van der Waals surface area contributed by atoms with Gasteiger partial charge in [-0.2, -0.15) is 0 Å². The van der Waals surface area contributed by atoms with E-state index in [1.54, 1.807) is 0 Å². The highest BCUT2D eigenvalue weighted by atomic mass is 28.3. The molecule has 0 saturated carbocycles. The summed E-state index contributed by atoms with van der Waals surface area (Å²) in [5.74, 6) is 0. The van der Waals surface area contributed by atoms with Crippen molar-refractivity contribution in [3.05, 3.63) is 291 Å². The Morgan fingerprint density at radius 3 is 1.44 bits per heavy atom. The fourth-order valence-corrected chi connectivity index (χ4v) is 16.1. The van der Waals surface area contributed by atoms with Gasteiger partial charge in [0.25, 0.3) is 0 Å². The van der Waals surface area contributed by atoms with Gasteiger partial charge in [-0.05, 0) is 120 Å². The smallest absolute Gasteiger partial charge is 0.179 e. The SMILES string of the molecule is c1ccc(-n2c3ccccc3c3c(-c4cccc(N(c5ccc(-c6cccc7ccccc67)cc5)c5ccc([Si](c6ccccc6)(c6ccccc6)c6ccccc6)cc5)c4)cc4ccccc4c32)cc1. The molecule has 0 bridgehead atoms. The standard InChI is InChI=1S/C68H48N2Si/c1-5-25-53(26-6-1)70-66-38-18-17-36-64(66)67-65(48-52-22-14-16-35-63(52)68(67)70)51-24-19-27-56(47-51)69(54-41-39-50(40-42-54)62-37-20-23-49-21-13-15-34-61(49)62)55-43-45-60(46-44-55)71(57-28-7-2-8-29-57,58-30-9-3-10-31-58)59-32-11-4-12-33-59/h1-48H. The third kappa shape index (κ3) is 7.17. The molecule has 1 aromatic heterocycles. The third-order valence-electron chi connectivity index (χ3n) is 14.5. The molecule has 0 saturated heterocycles. The fraction of sp³-hybridized carbons (Fsp3) is 0. The average molecular weight is 921 g/mol. The van der Waals surface area contributed by atoms with Crippen LogP contribution in [-0.2, 0) is 0 Å². The van der Waals surface area contributed by atoms with E-state index < -0.39 is 8.07 Å². The zero-order valence-corrected chi connectivity index (χ0v) is 40.1. The van der Waals surface area contributed by atoms with E-state index >= 15 is 0 Å². The van der Waals surface area contributed by atoms with Crippen molar-refractivity contribution in [1.82, 2.24) is 4.57 Å². The predicted octanol–water partition coefficient (Wildman–Crippen LogP) is 15.3. The Balaban J connectivity index is 1.02. The molecule has 0 fully saturated rings. The molecule has 1 heterocycles. The van der Waals surface area contributed by atoms with E-state index in [0.717, 1.165) is 28.3 Å². The van der Waals surface area contributed by atoms with Gasteiger partial charge in [0.2, 0.25) is 0 Å². The van der Waals surface area contributed by atoms with Crippen molar-refractivity contribution in [2.45, 2.75) is 0 Å². The summed E-state index contributed by atoms with van der Waals surface area (Å²) in [6.45, 7) is 0. The second kappa shape index (κ2) is 17.8. The van der Waals surface area contributed by atoms with E-state index in [-0.39, 0.29) is 0 Å². The topological polar surface area (TPSA) is 8.17 Å². The first-order valence-electron chi connectivity index (χ1n) is 24.5. The monoisotopic (exact) mass is 920 g/mol. The quantitative estimate of drug-likeness (QED) is 0.0980. The molecule has 13 rings (SSSR count). The summed E-state index contributed by atoms with van der Waals surface area (Å²) in [5, 5.41) is 12.8. The first-order valence-corrected chi connectivity index (χ1v) is 26.5. The van der Waals surface area contributed by atoms with Crippen LogP contribution in [0.3, 0.4) is 0 Å². The molecule has 0 aliphatic heterocycles. The molecular weight excluding hydrogens is 873 g/mol. The number of benzene rings is 12. The minimum absolute atomic E-state index is 1.08. The van der Waals surface area contributed by atoms with Crippen LogP contribution in [0.4, 0.5) is 17.1 Å². The lowest BCUT2D eigenvalue weighted by Crippen LogP contribution is -2.74. The molecule has 0 atom stereocenters. The Kier molecular flexibility index (Phi) is 10.6. The number of nitrogens with zero attached hydrogens (tertiary/aromatic N) is 2. The molecule has 0 amide bonds. The maximum absolute atomic E-state index is 2.75. The molecule has 0 spiro atoms. The van der Waals surface area contributed by atoms with Crippen LogP contribution in [0.1, 0.15) is 0 Å². The van der Waals surface area contributed by atoms with Gasteiger partial charge in [-0.25, -0.2) is 0 Å². The number of fused-ring (bicyclic) bond motifs is 6. The van der Waals surface area contributed by atoms with Crippen molar-refractivity contribution in [1.29, 1.82) is 0 Å². The number of hydrogen-bond donors (Lipinski definition) is 0. The highest BCUT2D eigenvalue weighted by Crippen LogP contribution is 2.45. The lowest BCUT2D eigenvalue weighted by Gasteiger charge is -2.35. The van der Waals surface area contributed by atoms with Crippen LogP contribution < -0.4 is 25.6 Å². The summed E-state index contributed by atoms with van der Waals surface area (Å²) in [6.07, 6.45) is 0. The first kappa shape index (κ1) is 42.1. The molecule has 0 aliphatic rings. The third-order valence-corrected chi connectivity index (χ3v) is 19.3. The maximum atomic E-state index is 2.45. The highest BCUT2D eigenvalue weighted by molar-refractivity contribution is 7.19. The van der Waals surface area contributed by atoms with Gasteiger partial charge in [0.05, 0.1) is 11.0 Å². The minimum atomic E-state index is -2.75. The summed E-state index contributed by atoms with van der Waals surface area (Å²) in [5.41, 5.74) is 11.6. The van der Waals surface area contributed by atoms with Gasteiger partial charge in [-0.1, -0.05) is 231 Å². The Morgan fingerprint density at radius 1 is 0.296 bits per heavy atom. The lowest BCUT2D eigenvalue weighted by molar-refractivity contribution is 1.19. The van der Waals surface area contributed by atoms with Crippen LogP contribution in [0.25, 0.3) is 71.3 Å². The normalized spacial score (nSPS) is 11.7. The van der Waals surface area contributed by atoms with Gasteiger partial charge < -0.3 is 9.47 Å². The summed E-state index contributed by atoms with van der Waals surface area (Å²) in [4.78, 5) is 2.43. The molecule has 0 N–H and O–H groups in total. The van der Waals surface area contributed by atoms with E-state index in [1.165, 1.54) is 80.8 Å². The molecule has 334 valence electrons.